The zero-order valence-corrected chi connectivity index (χ0v) is 14.5. The van der Waals surface area contributed by atoms with Gasteiger partial charge in [0.2, 0.25) is 5.89 Å². The first-order valence-electron chi connectivity index (χ1n) is 8.07. The number of hydrogen-bond acceptors (Lipinski definition) is 8. The number of benzene rings is 1. The topological polar surface area (TPSA) is 184 Å². The Labute approximate surface area is 154 Å². The molecule has 3 atom stereocenters. The molecule has 2 amide bonds. The van der Waals surface area contributed by atoms with Crippen molar-refractivity contribution in [2.24, 2.45) is 5.73 Å². The highest BCUT2D eigenvalue weighted by Gasteiger charge is 2.25. The molecule has 1 aromatic carbocycles. The molecule has 0 aliphatic rings. The summed E-state index contributed by atoms with van der Waals surface area (Å²) < 4.78 is 5.00. The molecule has 27 heavy (non-hydrogen) atoms. The summed E-state index contributed by atoms with van der Waals surface area (Å²) in [7, 11) is 0. The highest BCUT2D eigenvalue weighted by molar-refractivity contribution is 5.82. The molecule has 7 N–H and O–H groups in total. The molecule has 2 rings (SSSR count). The van der Waals surface area contributed by atoms with E-state index in [0.29, 0.717) is 6.42 Å². The maximum atomic E-state index is 11.7. The van der Waals surface area contributed by atoms with E-state index < -0.39 is 30.2 Å². The zero-order chi connectivity index (χ0) is 20.0. The molecule has 0 bridgehead atoms. The smallest absolute Gasteiger partial charge is 0.328 e. The number of carbonyl (C=O) groups excluding carboxylic acids is 1. The number of aliphatic hydroxyl groups excluding tert-OH is 1. The summed E-state index contributed by atoms with van der Waals surface area (Å²) in [4.78, 5) is 26.7. The van der Waals surface area contributed by atoms with Gasteiger partial charge in [0, 0.05) is 0 Å². The second-order valence-electron chi connectivity index (χ2n) is 5.91. The summed E-state index contributed by atoms with van der Waals surface area (Å²) in [5.41, 5.74) is 6.90. The molecular weight excluding hydrogens is 358 g/mol. The second-order valence-corrected chi connectivity index (χ2v) is 5.91. The Bertz CT molecular complexity index is 776. The van der Waals surface area contributed by atoms with E-state index in [1.807, 2.05) is 0 Å². The number of amides is 2. The van der Waals surface area contributed by atoms with Crippen molar-refractivity contribution < 1.29 is 29.4 Å². The van der Waals surface area contributed by atoms with Gasteiger partial charge in [-0.1, -0.05) is 17.3 Å². The normalized spacial score (nSPS) is 14.2. The van der Waals surface area contributed by atoms with Gasteiger partial charge in [0.15, 0.2) is 11.9 Å². The number of nitrogens with zero attached hydrogens (tertiary/aromatic N) is 2. The number of nitrogens with two attached hydrogens (primary N) is 1. The fourth-order valence-corrected chi connectivity index (χ4v) is 2.20. The molecule has 0 saturated heterocycles. The highest BCUT2D eigenvalue weighted by atomic mass is 16.5. The van der Waals surface area contributed by atoms with Crippen LogP contribution in [0.5, 0.6) is 5.75 Å². The molecule has 1 aromatic heterocycles. The van der Waals surface area contributed by atoms with Gasteiger partial charge in [0.1, 0.15) is 5.75 Å². The second kappa shape index (κ2) is 8.96. The van der Waals surface area contributed by atoms with Crippen LogP contribution in [-0.4, -0.2) is 49.6 Å². The third kappa shape index (κ3) is 5.94. The number of carbonyl (C=O) groups is 2. The lowest BCUT2D eigenvalue weighted by Crippen LogP contribution is -2.51. The summed E-state index contributed by atoms with van der Waals surface area (Å²) in [6.07, 6.45) is -0.844. The average Bonchev–Trinajstić information content (AvgIpc) is 3.08. The van der Waals surface area contributed by atoms with Gasteiger partial charge in [0.05, 0.1) is 18.7 Å². The molecule has 0 fully saturated rings. The maximum Gasteiger partial charge on any atom is 0.328 e. The van der Waals surface area contributed by atoms with E-state index in [2.05, 4.69) is 20.8 Å². The first-order valence-corrected chi connectivity index (χ1v) is 8.07. The molecule has 11 nitrogen and oxygen atoms in total. The molecule has 11 heteroatoms. The number of hydrogen-bond donors (Lipinski definition) is 6. The third-order valence-electron chi connectivity index (χ3n) is 3.64. The predicted molar refractivity (Wildman–Crippen MR) is 91.5 cm³/mol. The van der Waals surface area contributed by atoms with Crippen LogP contribution in [0.4, 0.5) is 4.79 Å². The number of urea groups is 1. The predicted octanol–water partition coefficient (Wildman–Crippen LogP) is -0.349. The number of phenols is 1. The van der Waals surface area contributed by atoms with Crippen molar-refractivity contribution in [1.29, 1.82) is 0 Å². The first-order chi connectivity index (χ1) is 12.8. The number of aromatic hydroxyl groups is 1. The fraction of sp³-hybridized carbons (Fsp3) is 0.375. The molecule has 2 aromatic rings. The highest BCUT2D eigenvalue weighted by Crippen LogP contribution is 2.16. The van der Waals surface area contributed by atoms with Crippen LogP contribution in [0.3, 0.4) is 0 Å². The van der Waals surface area contributed by atoms with E-state index >= 15 is 0 Å². The van der Waals surface area contributed by atoms with Crippen molar-refractivity contribution in [3.63, 3.8) is 0 Å². The van der Waals surface area contributed by atoms with E-state index in [-0.39, 0.29) is 24.0 Å². The Balaban J connectivity index is 1.87. The Morgan fingerprint density at radius 1 is 1.30 bits per heavy atom. The number of nitrogens with one attached hydrogen (secondary N) is 2. The van der Waals surface area contributed by atoms with Crippen molar-refractivity contribution in [1.82, 2.24) is 20.8 Å². The molecule has 0 radical (unpaired) electrons. The SMILES string of the molecule is CC(O)C(NC(=O)NCc1nc([C@@H](N)Cc2ccc(O)cc2)no1)C(=O)O. The largest absolute Gasteiger partial charge is 0.508 e. The summed E-state index contributed by atoms with van der Waals surface area (Å²) in [6, 6.07) is 3.74. The van der Waals surface area contributed by atoms with Crippen LogP contribution in [0.2, 0.25) is 0 Å². The summed E-state index contributed by atoms with van der Waals surface area (Å²) >= 11 is 0. The van der Waals surface area contributed by atoms with Gasteiger partial charge in [-0.3, -0.25) is 0 Å². The van der Waals surface area contributed by atoms with Crippen LogP contribution in [0.25, 0.3) is 0 Å². The lowest BCUT2D eigenvalue weighted by atomic mass is 10.1. The van der Waals surface area contributed by atoms with Gasteiger partial charge >= 0.3 is 12.0 Å². The van der Waals surface area contributed by atoms with Crippen LogP contribution >= 0.6 is 0 Å². The Morgan fingerprint density at radius 3 is 2.56 bits per heavy atom. The van der Waals surface area contributed by atoms with E-state index in [0.717, 1.165) is 5.56 Å². The van der Waals surface area contributed by atoms with Crippen LogP contribution in [0, 0.1) is 0 Å². The van der Waals surface area contributed by atoms with Crippen molar-refractivity contribution >= 4 is 12.0 Å². The number of carboxylic acid groups (broad SMARTS) is 1. The minimum atomic E-state index is -1.44. The summed E-state index contributed by atoms with van der Waals surface area (Å²) in [5.74, 6) is -0.877. The number of aliphatic carboxylic acids is 1. The Kier molecular flexibility index (Phi) is 6.68. The monoisotopic (exact) mass is 379 g/mol. The summed E-state index contributed by atoms with van der Waals surface area (Å²) in [5, 5.41) is 35.7. The molecule has 2 unspecified atom stereocenters. The number of carboxylic acids is 1. The minimum Gasteiger partial charge on any atom is -0.508 e. The number of phenolic OH excluding ortho intramolecular Hbond substituents is 1. The van der Waals surface area contributed by atoms with Crippen LogP contribution in [0.15, 0.2) is 28.8 Å². The average molecular weight is 379 g/mol. The van der Waals surface area contributed by atoms with Gasteiger partial charge < -0.3 is 36.2 Å². The standard InChI is InChI=1S/C16H21N5O6/c1-8(22)13(15(24)25)20-16(26)18-7-12-19-14(21-27-12)11(17)6-9-2-4-10(23)5-3-9/h2-5,8,11,13,22-23H,6-7,17H2,1H3,(H,24,25)(H2,18,20,26)/t8?,11-,13?/m0/s1. The molecule has 0 aliphatic carbocycles. The van der Waals surface area contributed by atoms with Gasteiger partial charge in [-0.05, 0) is 31.0 Å². The number of aromatic nitrogens is 2. The lowest BCUT2D eigenvalue weighted by molar-refractivity contribution is -0.141. The maximum absolute atomic E-state index is 11.7. The lowest BCUT2D eigenvalue weighted by Gasteiger charge is -2.16. The van der Waals surface area contributed by atoms with E-state index in [1.54, 1.807) is 24.3 Å². The van der Waals surface area contributed by atoms with Crippen LogP contribution in [0.1, 0.15) is 30.2 Å². The number of rotatable bonds is 8. The van der Waals surface area contributed by atoms with Crippen molar-refractivity contribution in [3.05, 3.63) is 41.5 Å². The quantitative estimate of drug-likeness (QED) is 0.357. The first kappa shape index (κ1) is 20.1. The molecular formula is C16H21N5O6. The van der Waals surface area contributed by atoms with Crippen LogP contribution < -0.4 is 16.4 Å². The van der Waals surface area contributed by atoms with E-state index in [1.165, 1.54) is 6.92 Å². The van der Waals surface area contributed by atoms with E-state index in [4.69, 9.17) is 15.4 Å². The van der Waals surface area contributed by atoms with Crippen LogP contribution in [-0.2, 0) is 17.8 Å². The van der Waals surface area contributed by atoms with Gasteiger partial charge in [-0.15, -0.1) is 0 Å². The molecule has 146 valence electrons. The summed E-state index contributed by atoms with van der Waals surface area (Å²) in [6.45, 7) is 1.11. The minimum absolute atomic E-state index is 0.0882. The Hall–Kier alpha value is -3.18. The zero-order valence-electron chi connectivity index (χ0n) is 14.5. The Morgan fingerprint density at radius 2 is 1.96 bits per heavy atom. The van der Waals surface area contributed by atoms with Gasteiger partial charge in [-0.2, -0.15) is 4.98 Å². The molecule has 0 saturated carbocycles. The van der Waals surface area contributed by atoms with Gasteiger partial charge in [0.25, 0.3) is 0 Å². The molecule has 0 aliphatic heterocycles. The van der Waals surface area contributed by atoms with Crippen molar-refractivity contribution in [3.8, 4) is 5.75 Å². The van der Waals surface area contributed by atoms with Crippen molar-refractivity contribution in [2.75, 3.05) is 0 Å². The number of aliphatic hydroxyl groups is 1. The van der Waals surface area contributed by atoms with Crippen molar-refractivity contribution in [2.45, 2.75) is 38.1 Å². The fourth-order valence-electron chi connectivity index (χ4n) is 2.20. The van der Waals surface area contributed by atoms with E-state index in [9.17, 15) is 19.8 Å². The van der Waals surface area contributed by atoms with Gasteiger partial charge in [-0.25, -0.2) is 9.59 Å². The molecule has 0 spiro atoms. The molecule has 1 heterocycles. The third-order valence-corrected chi connectivity index (χ3v) is 3.64.